The third-order valence-corrected chi connectivity index (χ3v) is 4.44. The van der Waals surface area contributed by atoms with Crippen molar-refractivity contribution in [1.29, 1.82) is 0 Å². The van der Waals surface area contributed by atoms with Gasteiger partial charge in [0, 0.05) is 18.5 Å². The monoisotopic (exact) mass is 308 g/mol. The Balaban J connectivity index is 1.85. The first-order chi connectivity index (χ1) is 11.2. The molecule has 0 saturated heterocycles. The van der Waals surface area contributed by atoms with Gasteiger partial charge in [-0.2, -0.15) is 0 Å². The summed E-state index contributed by atoms with van der Waals surface area (Å²) in [5.74, 6) is 0.682. The van der Waals surface area contributed by atoms with Crippen molar-refractivity contribution >= 4 is 17.4 Å². The summed E-state index contributed by atoms with van der Waals surface area (Å²) in [4.78, 5) is 26.8. The maximum atomic E-state index is 12.5. The standard InChI is InChI=1S/C18H16N2O3/c1-23-12-5-2-4-11(10-12)17-19-18(22)14-7-3-6-13-15(21)8-9-20(17)16(13)14/h2-7,10,17H,8-9H2,1H3,(H,19,22). The highest BCUT2D eigenvalue weighted by atomic mass is 16.5. The van der Waals surface area contributed by atoms with Crippen LogP contribution in [-0.2, 0) is 0 Å². The Labute approximate surface area is 133 Å². The molecule has 1 atom stereocenters. The van der Waals surface area contributed by atoms with Crippen LogP contribution in [0.2, 0.25) is 0 Å². The Bertz CT molecular complexity index is 801. The number of anilines is 1. The molecule has 0 aliphatic carbocycles. The van der Waals surface area contributed by atoms with Crippen LogP contribution in [0.25, 0.3) is 0 Å². The van der Waals surface area contributed by atoms with Gasteiger partial charge >= 0.3 is 0 Å². The first-order valence-corrected chi connectivity index (χ1v) is 7.56. The number of nitrogens with zero attached hydrogens (tertiary/aromatic N) is 1. The third kappa shape index (κ3) is 2.08. The third-order valence-electron chi connectivity index (χ3n) is 4.44. The molecule has 0 bridgehead atoms. The lowest BCUT2D eigenvalue weighted by Gasteiger charge is -2.42. The minimum atomic E-state index is -0.292. The molecular weight excluding hydrogens is 292 g/mol. The molecule has 2 aliphatic rings. The lowest BCUT2D eigenvalue weighted by Crippen LogP contribution is -2.49. The number of rotatable bonds is 2. The summed E-state index contributed by atoms with van der Waals surface area (Å²) in [5.41, 5.74) is 2.89. The Morgan fingerprint density at radius 2 is 1.91 bits per heavy atom. The van der Waals surface area contributed by atoms with Gasteiger partial charge in [0.25, 0.3) is 5.91 Å². The van der Waals surface area contributed by atoms with Crippen LogP contribution in [0.3, 0.4) is 0 Å². The zero-order chi connectivity index (χ0) is 16.0. The second kappa shape index (κ2) is 5.12. The Morgan fingerprint density at radius 3 is 2.74 bits per heavy atom. The minimum absolute atomic E-state index is 0.0946. The van der Waals surface area contributed by atoms with E-state index in [9.17, 15) is 9.59 Å². The zero-order valence-corrected chi connectivity index (χ0v) is 12.7. The van der Waals surface area contributed by atoms with Crippen molar-refractivity contribution in [2.24, 2.45) is 0 Å². The molecule has 0 radical (unpaired) electrons. The molecule has 2 heterocycles. The van der Waals surface area contributed by atoms with Gasteiger partial charge in [-0.25, -0.2) is 0 Å². The first-order valence-electron chi connectivity index (χ1n) is 7.56. The van der Waals surface area contributed by atoms with E-state index in [1.54, 1.807) is 25.3 Å². The fourth-order valence-electron chi connectivity index (χ4n) is 3.34. The molecule has 116 valence electrons. The molecule has 0 fully saturated rings. The van der Waals surface area contributed by atoms with Gasteiger partial charge in [-0.3, -0.25) is 9.59 Å². The molecule has 0 saturated carbocycles. The van der Waals surface area contributed by atoms with Crippen molar-refractivity contribution < 1.29 is 14.3 Å². The molecule has 5 heteroatoms. The molecule has 0 aromatic heterocycles. The van der Waals surface area contributed by atoms with E-state index in [0.29, 0.717) is 24.1 Å². The number of carbonyl (C=O) groups is 2. The van der Waals surface area contributed by atoms with Gasteiger partial charge in [0.1, 0.15) is 11.9 Å². The summed E-state index contributed by atoms with van der Waals surface area (Å²) < 4.78 is 5.28. The van der Waals surface area contributed by atoms with Crippen molar-refractivity contribution in [3.8, 4) is 5.75 Å². The average Bonchev–Trinajstić information content (AvgIpc) is 2.60. The Morgan fingerprint density at radius 1 is 1.13 bits per heavy atom. The second-order valence-electron chi connectivity index (χ2n) is 5.72. The fraction of sp³-hybridized carbons (Fsp3) is 0.222. The van der Waals surface area contributed by atoms with Crippen LogP contribution in [0.5, 0.6) is 5.75 Å². The number of ketones is 1. The van der Waals surface area contributed by atoms with Crippen LogP contribution in [-0.4, -0.2) is 25.3 Å². The number of methoxy groups -OCH3 is 1. The topological polar surface area (TPSA) is 58.6 Å². The Kier molecular flexibility index (Phi) is 3.08. The molecule has 2 aromatic carbocycles. The number of nitrogens with one attached hydrogen (secondary N) is 1. The number of ether oxygens (including phenoxy) is 1. The van der Waals surface area contributed by atoms with Crippen molar-refractivity contribution in [2.75, 3.05) is 18.6 Å². The molecule has 1 N–H and O–H groups in total. The van der Waals surface area contributed by atoms with Gasteiger partial charge < -0.3 is 15.0 Å². The summed E-state index contributed by atoms with van der Waals surface area (Å²) in [6.45, 7) is 0.588. The average molecular weight is 308 g/mol. The molecule has 5 nitrogen and oxygen atoms in total. The van der Waals surface area contributed by atoms with E-state index in [-0.39, 0.29) is 17.9 Å². The minimum Gasteiger partial charge on any atom is -0.497 e. The van der Waals surface area contributed by atoms with Gasteiger partial charge in [0.15, 0.2) is 5.78 Å². The quantitative estimate of drug-likeness (QED) is 0.926. The number of Topliss-reactive ketones (excluding diaryl/α,β-unsaturated/α-hetero) is 1. The summed E-state index contributed by atoms with van der Waals surface area (Å²) in [7, 11) is 1.62. The molecule has 1 unspecified atom stereocenters. The second-order valence-corrected chi connectivity index (χ2v) is 5.72. The van der Waals surface area contributed by atoms with Crippen LogP contribution < -0.4 is 15.0 Å². The highest BCUT2D eigenvalue weighted by Gasteiger charge is 2.37. The molecule has 2 aliphatic heterocycles. The van der Waals surface area contributed by atoms with Crippen LogP contribution in [0.15, 0.2) is 42.5 Å². The molecule has 0 spiro atoms. The zero-order valence-electron chi connectivity index (χ0n) is 12.7. The van der Waals surface area contributed by atoms with Crippen molar-refractivity contribution in [3.05, 3.63) is 59.2 Å². The first kappa shape index (κ1) is 13.8. The van der Waals surface area contributed by atoms with Crippen LogP contribution >= 0.6 is 0 Å². The smallest absolute Gasteiger partial charge is 0.255 e. The normalized spacial score (nSPS) is 19.2. The number of amides is 1. The molecule has 23 heavy (non-hydrogen) atoms. The van der Waals surface area contributed by atoms with E-state index in [2.05, 4.69) is 10.2 Å². The lowest BCUT2D eigenvalue weighted by atomic mass is 9.92. The van der Waals surface area contributed by atoms with E-state index in [4.69, 9.17) is 4.74 Å². The largest absolute Gasteiger partial charge is 0.497 e. The van der Waals surface area contributed by atoms with Gasteiger partial charge in [-0.1, -0.05) is 18.2 Å². The van der Waals surface area contributed by atoms with Gasteiger partial charge in [-0.05, 0) is 29.8 Å². The SMILES string of the molecule is COc1cccc(C2NC(=O)c3cccc4c3N2CCC4=O)c1. The summed E-state index contributed by atoms with van der Waals surface area (Å²) in [6, 6.07) is 13.0. The Hall–Kier alpha value is -2.82. The summed E-state index contributed by atoms with van der Waals surface area (Å²) >= 11 is 0. The van der Waals surface area contributed by atoms with Crippen LogP contribution in [0, 0.1) is 0 Å². The van der Waals surface area contributed by atoms with Gasteiger partial charge in [-0.15, -0.1) is 0 Å². The number of para-hydroxylation sites is 1. The molecule has 2 aromatic rings. The maximum Gasteiger partial charge on any atom is 0.255 e. The van der Waals surface area contributed by atoms with Crippen LogP contribution in [0.1, 0.15) is 38.9 Å². The lowest BCUT2D eigenvalue weighted by molar-refractivity contribution is 0.0921. The summed E-state index contributed by atoms with van der Waals surface area (Å²) in [5, 5.41) is 3.04. The van der Waals surface area contributed by atoms with Crippen LogP contribution in [0.4, 0.5) is 5.69 Å². The molecular formula is C18H16N2O3. The predicted octanol–water partition coefficient (Wildman–Crippen LogP) is 2.53. The summed E-state index contributed by atoms with van der Waals surface area (Å²) in [6.07, 6.45) is 0.159. The number of hydrogen-bond acceptors (Lipinski definition) is 4. The number of carbonyl (C=O) groups excluding carboxylic acids is 2. The van der Waals surface area contributed by atoms with Gasteiger partial charge in [0.2, 0.25) is 0 Å². The van der Waals surface area contributed by atoms with Crippen molar-refractivity contribution in [3.63, 3.8) is 0 Å². The van der Waals surface area contributed by atoms with Crippen molar-refractivity contribution in [1.82, 2.24) is 5.32 Å². The molecule has 1 amide bonds. The fourth-order valence-corrected chi connectivity index (χ4v) is 3.34. The maximum absolute atomic E-state index is 12.5. The van der Waals surface area contributed by atoms with E-state index in [0.717, 1.165) is 17.0 Å². The predicted molar refractivity (Wildman–Crippen MR) is 85.9 cm³/mol. The van der Waals surface area contributed by atoms with Crippen molar-refractivity contribution in [2.45, 2.75) is 12.6 Å². The van der Waals surface area contributed by atoms with E-state index < -0.39 is 0 Å². The van der Waals surface area contributed by atoms with Gasteiger partial charge in [0.05, 0.1) is 18.4 Å². The number of benzene rings is 2. The van der Waals surface area contributed by atoms with E-state index >= 15 is 0 Å². The highest BCUT2D eigenvalue weighted by Crippen LogP contribution is 2.39. The van der Waals surface area contributed by atoms with E-state index in [1.165, 1.54) is 0 Å². The highest BCUT2D eigenvalue weighted by molar-refractivity contribution is 6.11. The number of hydrogen-bond donors (Lipinski definition) is 1. The molecule has 4 rings (SSSR count). The van der Waals surface area contributed by atoms with E-state index in [1.807, 2.05) is 24.3 Å².